The SMILES string of the molecule is COCCCN1CCOc2ccc(CO[C@H]3CN(C(=O)OCc4ccccc4)[C@H](CCCOc4ccccc4)C[C@@H]3c3ccc(OC)cc3)cc21. The van der Waals surface area contributed by atoms with Crippen LogP contribution in [0.15, 0.2) is 103 Å². The van der Waals surface area contributed by atoms with Crippen LogP contribution in [0.4, 0.5) is 10.5 Å². The molecule has 1 fully saturated rings. The van der Waals surface area contributed by atoms with Crippen LogP contribution in [0.3, 0.4) is 0 Å². The summed E-state index contributed by atoms with van der Waals surface area (Å²) in [5, 5.41) is 0. The number of fused-ring (bicyclic) bond motifs is 1. The van der Waals surface area contributed by atoms with Crippen LogP contribution >= 0.6 is 0 Å². The zero-order valence-electron chi connectivity index (χ0n) is 29.8. The Labute approximate surface area is 302 Å². The van der Waals surface area contributed by atoms with Crippen molar-refractivity contribution in [3.05, 3.63) is 120 Å². The molecule has 2 heterocycles. The van der Waals surface area contributed by atoms with Gasteiger partial charge in [-0.2, -0.15) is 0 Å². The fraction of sp³-hybridized carbons (Fsp3) is 0.405. The predicted octanol–water partition coefficient (Wildman–Crippen LogP) is 7.87. The van der Waals surface area contributed by atoms with Crippen molar-refractivity contribution in [1.82, 2.24) is 4.90 Å². The number of ether oxygens (including phenoxy) is 6. The fourth-order valence-corrected chi connectivity index (χ4v) is 6.98. The molecule has 9 nitrogen and oxygen atoms in total. The molecule has 270 valence electrons. The monoisotopic (exact) mass is 694 g/mol. The van der Waals surface area contributed by atoms with Crippen LogP contribution in [0, 0.1) is 0 Å². The summed E-state index contributed by atoms with van der Waals surface area (Å²) < 4.78 is 35.5. The van der Waals surface area contributed by atoms with Gasteiger partial charge in [0.1, 0.15) is 30.5 Å². The number of hydrogen-bond donors (Lipinski definition) is 0. The molecule has 6 rings (SSSR count). The molecule has 0 unspecified atom stereocenters. The Balaban J connectivity index is 1.20. The maximum Gasteiger partial charge on any atom is 0.410 e. The molecule has 2 aliphatic heterocycles. The normalized spacial score (nSPS) is 18.4. The van der Waals surface area contributed by atoms with Gasteiger partial charge in [-0.3, -0.25) is 0 Å². The summed E-state index contributed by atoms with van der Waals surface area (Å²) in [6.07, 6.45) is 2.65. The van der Waals surface area contributed by atoms with Crippen LogP contribution in [0.5, 0.6) is 17.2 Å². The van der Waals surface area contributed by atoms with Gasteiger partial charge in [-0.05, 0) is 78.8 Å². The van der Waals surface area contributed by atoms with E-state index >= 15 is 0 Å². The minimum atomic E-state index is -0.327. The van der Waals surface area contributed by atoms with Gasteiger partial charge in [0.2, 0.25) is 0 Å². The standard InChI is InChI=1S/C42H50N2O7/c1-46-24-10-22-43-23-26-49-40-21-16-33(27-39(40)43)31-50-41-29-44(42(45)51-30-32-11-5-3-6-12-32)35(13-9-25-48-37-14-7-4-8-15-37)28-38(41)34-17-19-36(47-2)20-18-34/h3-8,11-12,14-21,27,35,38,41H,9-10,13,22-26,28-31H2,1-2H3/t35-,38-,41+/m1/s1. The quantitative estimate of drug-likeness (QED) is 0.110. The third kappa shape index (κ3) is 9.96. The van der Waals surface area contributed by atoms with E-state index in [1.165, 1.54) is 0 Å². The lowest BCUT2D eigenvalue weighted by molar-refractivity contribution is -0.0431. The van der Waals surface area contributed by atoms with Crippen LogP contribution in [0.2, 0.25) is 0 Å². The Kier molecular flexibility index (Phi) is 13.1. The zero-order valence-corrected chi connectivity index (χ0v) is 29.8. The number of anilines is 1. The van der Waals surface area contributed by atoms with Gasteiger partial charge < -0.3 is 38.2 Å². The molecule has 0 aliphatic carbocycles. The van der Waals surface area contributed by atoms with Crippen LogP contribution in [-0.4, -0.2) is 76.8 Å². The van der Waals surface area contributed by atoms with Crippen molar-refractivity contribution in [2.45, 2.75) is 57.0 Å². The van der Waals surface area contributed by atoms with Gasteiger partial charge in [-0.1, -0.05) is 66.7 Å². The third-order valence-electron chi connectivity index (χ3n) is 9.69. The summed E-state index contributed by atoms with van der Waals surface area (Å²) in [6, 6.07) is 34.1. The van der Waals surface area contributed by atoms with E-state index in [4.69, 9.17) is 28.4 Å². The highest BCUT2D eigenvalue weighted by Crippen LogP contribution is 2.38. The second-order valence-corrected chi connectivity index (χ2v) is 13.1. The number of amides is 1. The maximum absolute atomic E-state index is 13.9. The average molecular weight is 695 g/mol. The van der Waals surface area contributed by atoms with E-state index < -0.39 is 0 Å². The molecule has 0 bridgehead atoms. The van der Waals surface area contributed by atoms with Crippen molar-refractivity contribution >= 4 is 11.8 Å². The van der Waals surface area contributed by atoms with E-state index in [0.717, 1.165) is 85.0 Å². The molecular formula is C42H50N2O7. The number of benzene rings is 4. The Morgan fingerprint density at radius 3 is 2.37 bits per heavy atom. The van der Waals surface area contributed by atoms with Gasteiger partial charge in [0.15, 0.2) is 0 Å². The lowest BCUT2D eigenvalue weighted by Gasteiger charge is -2.43. The molecule has 51 heavy (non-hydrogen) atoms. The Bertz CT molecular complexity index is 1640. The summed E-state index contributed by atoms with van der Waals surface area (Å²) in [6.45, 7) is 4.70. The maximum atomic E-state index is 13.9. The highest BCUT2D eigenvalue weighted by atomic mass is 16.6. The van der Waals surface area contributed by atoms with Crippen molar-refractivity contribution in [2.24, 2.45) is 0 Å². The average Bonchev–Trinajstić information content (AvgIpc) is 3.18. The van der Waals surface area contributed by atoms with E-state index in [0.29, 0.717) is 26.4 Å². The molecule has 0 aromatic heterocycles. The molecule has 4 aromatic rings. The molecule has 4 aromatic carbocycles. The van der Waals surface area contributed by atoms with Crippen LogP contribution in [0.1, 0.15) is 48.3 Å². The molecule has 9 heteroatoms. The first-order valence-corrected chi connectivity index (χ1v) is 18.0. The molecule has 1 saturated heterocycles. The number of nitrogens with zero attached hydrogens (tertiary/aromatic N) is 2. The third-order valence-corrected chi connectivity index (χ3v) is 9.69. The number of methoxy groups -OCH3 is 2. The van der Waals surface area contributed by atoms with Gasteiger partial charge in [0, 0.05) is 32.2 Å². The number of piperidine rings is 1. The fourth-order valence-electron chi connectivity index (χ4n) is 6.98. The first-order valence-electron chi connectivity index (χ1n) is 18.0. The Morgan fingerprint density at radius 2 is 1.61 bits per heavy atom. The van der Waals surface area contributed by atoms with E-state index in [1.807, 2.05) is 83.8 Å². The molecule has 0 N–H and O–H groups in total. The number of likely N-dealkylation sites (tertiary alicyclic amines) is 1. The molecule has 2 aliphatic rings. The van der Waals surface area contributed by atoms with Gasteiger partial charge in [-0.15, -0.1) is 0 Å². The van der Waals surface area contributed by atoms with E-state index in [-0.39, 0.29) is 30.8 Å². The van der Waals surface area contributed by atoms with Gasteiger partial charge in [-0.25, -0.2) is 4.79 Å². The summed E-state index contributed by atoms with van der Waals surface area (Å²) in [4.78, 5) is 18.1. The number of para-hydroxylation sites is 1. The predicted molar refractivity (Wildman–Crippen MR) is 198 cm³/mol. The molecule has 1 amide bonds. The summed E-state index contributed by atoms with van der Waals surface area (Å²) in [5.41, 5.74) is 4.25. The van der Waals surface area contributed by atoms with Crippen LogP contribution < -0.4 is 19.1 Å². The topological polar surface area (TPSA) is 78.9 Å². The smallest absolute Gasteiger partial charge is 0.410 e. The molecule has 0 saturated carbocycles. The second-order valence-electron chi connectivity index (χ2n) is 13.1. The molecular weight excluding hydrogens is 644 g/mol. The first kappa shape index (κ1) is 36.1. The molecule has 0 spiro atoms. The Hall–Kier alpha value is -4.73. The van der Waals surface area contributed by atoms with E-state index in [9.17, 15) is 4.79 Å². The van der Waals surface area contributed by atoms with Gasteiger partial charge in [0.05, 0.1) is 45.2 Å². The lowest BCUT2D eigenvalue weighted by atomic mass is 9.82. The van der Waals surface area contributed by atoms with Gasteiger partial charge in [0.25, 0.3) is 0 Å². The minimum Gasteiger partial charge on any atom is -0.497 e. The number of carbonyl (C=O) groups is 1. The Morgan fingerprint density at radius 1 is 0.824 bits per heavy atom. The summed E-state index contributed by atoms with van der Waals surface area (Å²) >= 11 is 0. The van der Waals surface area contributed by atoms with Crippen LogP contribution in [-0.2, 0) is 27.4 Å². The summed E-state index contributed by atoms with van der Waals surface area (Å²) in [7, 11) is 3.41. The summed E-state index contributed by atoms with van der Waals surface area (Å²) in [5.74, 6) is 2.60. The van der Waals surface area contributed by atoms with Crippen molar-refractivity contribution in [2.75, 3.05) is 58.6 Å². The van der Waals surface area contributed by atoms with Gasteiger partial charge >= 0.3 is 6.09 Å². The van der Waals surface area contributed by atoms with Crippen molar-refractivity contribution in [3.63, 3.8) is 0 Å². The first-order chi connectivity index (χ1) is 25.1. The van der Waals surface area contributed by atoms with E-state index in [2.05, 4.69) is 29.2 Å². The number of hydrogen-bond acceptors (Lipinski definition) is 8. The molecule has 0 radical (unpaired) electrons. The largest absolute Gasteiger partial charge is 0.497 e. The number of carbonyl (C=O) groups excluding carboxylic acids is 1. The van der Waals surface area contributed by atoms with Crippen molar-refractivity contribution in [3.8, 4) is 17.2 Å². The van der Waals surface area contributed by atoms with Crippen LogP contribution in [0.25, 0.3) is 0 Å². The van der Waals surface area contributed by atoms with Crippen molar-refractivity contribution in [1.29, 1.82) is 0 Å². The number of rotatable bonds is 16. The highest BCUT2D eigenvalue weighted by molar-refractivity contribution is 5.68. The highest BCUT2D eigenvalue weighted by Gasteiger charge is 2.40. The zero-order chi connectivity index (χ0) is 35.3. The second kappa shape index (κ2) is 18.5. The van der Waals surface area contributed by atoms with Crippen molar-refractivity contribution < 1.29 is 33.2 Å². The minimum absolute atomic E-state index is 0.0545. The van der Waals surface area contributed by atoms with E-state index in [1.54, 1.807) is 14.2 Å². The lowest BCUT2D eigenvalue weighted by Crippen LogP contribution is -2.52. The molecule has 3 atom stereocenters.